The fourth-order valence-electron chi connectivity index (χ4n) is 1.11. The molecule has 0 radical (unpaired) electrons. The van der Waals surface area contributed by atoms with Crippen LogP contribution >= 0.6 is 0 Å². The van der Waals surface area contributed by atoms with E-state index in [1.807, 2.05) is 24.3 Å². The van der Waals surface area contributed by atoms with E-state index in [0.717, 1.165) is 23.8 Å². The second-order valence-electron chi connectivity index (χ2n) is 3.73. The third-order valence-electron chi connectivity index (χ3n) is 1.96. The predicted octanol–water partition coefficient (Wildman–Crippen LogP) is 2.73. The zero-order valence-electron chi connectivity index (χ0n) is 8.38. The highest BCUT2D eigenvalue weighted by molar-refractivity contribution is 5.51. The van der Waals surface area contributed by atoms with Gasteiger partial charge in [-0.25, -0.2) is 0 Å². The van der Waals surface area contributed by atoms with E-state index >= 15 is 0 Å². The van der Waals surface area contributed by atoms with E-state index in [2.05, 4.69) is 19.2 Å². The predicted molar refractivity (Wildman–Crippen MR) is 58.8 cm³/mol. The molecule has 13 heavy (non-hydrogen) atoms. The van der Waals surface area contributed by atoms with Gasteiger partial charge in [0.1, 0.15) is 0 Å². The van der Waals surface area contributed by atoms with Gasteiger partial charge in [0, 0.05) is 17.9 Å². The van der Waals surface area contributed by atoms with Crippen LogP contribution in [0.2, 0.25) is 0 Å². The number of hydrogen-bond acceptors (Lipinski definition) is 2. The minimum absolute atomic E-state index is 0.751. The molecule has 0 heterocycles. The van der Waals surface area contributed by atoms with Crippen LogP contribution in [0.25, 0.3) is 0 Å². The highest BCUT2D eigenvalue weighted by Gasteiger charge is 1.94. The molecule has 0 saturated heterocycles. The number of benzene rings is 1. The first-order chi connectivity index (χ1) is 6.18. The van der Waals surface area contributed by atoms with Crippen LogP contribution in [0, 0.1) is 5.92 Å². The molecule has 2 nitrogen and oxygen atoms in total. The SMILES string of the molecule is CC(C)CCNc1ccc(N)cc1. The summed E-state index contributed by atoms with van der Waals surface area (Å²) >= 11 is 0. The summed E-state index contributed by atoms with van der Waals surface area (Å²) in [5.41, 5.74) is 7.54. The normalized spacial score (nSPS) is 10.4. The van der Waals surface area contributed by atoms with Crippen molar-refractivity contribution >= 4 is 11.4 Å². The van der Waals surface area contributed by atoms with Gasteiger partial charge in [-0.2, -0.15) is 0 Å². The highest BCUT2D eigenvalue weighted by Crippen LogP contribution is 2.10. The zero-order valence-corrected chi connectivity index (χ0v) is 8.38. The second-order valence-corrected chi connectivity index (χ2v) is 3.73. The maximum Gasteiger partial charge on any atom is 0.0341 e. The highest BCUT2D eigenvalue weighted by atomic mass is 14.9. The van der Waals surface area contributed by atoms with Crippen LogP contribution in [0.4, 0.5) is 11.4 Å². The van der Waals surface area contributed by atoms with Crippen molar-refractivity contribution in [1.29, 1.82) is 0 Å². The van der Waals surface area contributed by atoms with Crippen molar-refractivity contribution in [2.45, 2.75) is 20.3 Å². The zero-order chi connectivity index (χ0) is 9.68. The van der Waals surface area contributed by atoms with E-state index in [1.165, 1.54) is 6.42 Å². The van der Waals surface area contributed by atoms with Crippen molar-refractivity contribution in [3.05, 3.63) is 24.3 Å². The van der Waals surface area contributed by atoms with Crippen molar-refractivity contribution in [3.8, 4) is 0 Å². The van der Waals surface area contributed by atoms with Crippen LogP contribution in [0.1, 0.15) is 20.3 Å². The molecular formula is C11H18N2. The Hall–Kier alpha value is -1.18. The summed E-state index contributed by atoms with van der Waals surface area (Å²) in [6.07, 6.45) is 1.20. The van der Waals surface area contributed by atoms with Crippen molar-refractivity contribution < 1.29 is 0 Å². The molecule has 0 aromatic heterocycles. The first-order valence-electron chi connectivity index (χ1n) is 4.78. The molecule has 2 heteroatoms. The summed E-state index contributed by atoms with van der Waals surface area (Å²) in [5.74, 6) is 0.751. The van der Waals surface area contributed by atoms with Crippen molar-refractivity contribution in [1.82, 2.24) is 0 Å². The summed E-state index contributed by atoms with van der Waals surface area (Å²) in [6, 6.07) is 7.85. The molecular weight excluding hydrogens is 160 g/mol. The van der Waals surface area contributed by atoms with Crippen molar-refractivity contribution in [2.24, 2.45) is 5.92 Å². The van der Waals surface area contributed by atoms with Crippen LogP contribution in [0.3, 0.4) is 0 Å². The van der Waals surface area contributed by atoms with Crippen LogP contribution in [0.15, 0.2) is 24.3 Å². The van der Waals surface area contributed by atoms with Gasteiger partial charge in [-0.3, -0.25) is 0 Å². The maximum absolute atomic E-state index is 5.58. The molecule has 0 unspecified atom stereocenters. The quantitative estimate of drug-likeness (QED) is 0.696. The Kier molecular flexibility index (Phi) is 3.62. The first kappa shape index (κ1) is 9.90. The summed E-state index contributed by atoms with van der Waals surface area (Å²) < 4.78 is 0. The lowest BCUT2D eigenvalue weighted by molar-refractivity contribution is 0.607. The average Bonchev–Trinajstić information content (AvgIpc) is 2.08. The molecule has 0 aliphatic heterocycles. The fourth-order valence-corrected chi connectivity index (χ4v) is 1.11. The molecule has 0 spiro atoms. The monoisotopic (exact) mass is 178 g/mol. The maximum atomic E-state index is 5.58. The molecule has 0 saturated carbocycles. The second kappa shape index (κ2) is 4.75. The van der Waals surface area contributed by atoms with Crippen LogP contribution in [-0.2, 0) is 0 Å². The Morgan fingerprint density at radius 1 is 1.23 bits per heavy atom. The van der Waals surface area contributed by atoms with E-state index in [4.69, 9.17) is 5.73 Å². The number of nitrogen functional groups attached to an aromatic ring is 1. The van der Waals surface area contributed by atoms with Gasteiger partial charge in [0.05, 0.1) is 0 Å². The van der Waals surface area contributed by atoms with Gasteiger partial charge in [-0.15, -0.1) is 0 Å². The molecule has 72 valence electrons. The van der Waals surface area contributed by atoms with E-state index in [0.29, 0.717) is 0 Å². The number of anilines is 2. The molecule has 0 amide bonds. The Bertz CT molecular complexity index is 239. The van der Waals surface area contributed by atoms with Gasteiger partial charge in [-0.1, -0.05) is 13.8 Å². The van der Waals surface area contributed by atoms with Crippen LogP contribution in [-0.4, -0.2) is 6.54 Å². The largest absolute Gasteiger partial charge is 0.399 e. The third-order valence-corrected chi connectivity index (χ3v) is 1.96. The minimum Gasteiger partial charge on any atom is -0.399 e. The van der Waals surface area contributed by atoms with Crippen LogP contribution < -0.4 is 11.1 Å². The fraction of sp³-hybridized carbons (Fsp3) is 0.455. The van der Waals surface area contributed by atoms with Crippen LogP contribution in [0.5, 0.6) is 0 Å². The van der Waals surface area contributed by atoms with E-state index in [1.54, 1.807) is 0 Å². The third kappa shape index (κ3) is 3.83. The van der Waals surface area contributed by atoms with Gasteiger partial charge >= 0.3 is 0 Å². The topological polar surface area (TPSA) is 38.0 Å². The average molecular weight is 178 g/mol. The van der Waals surface area contributed by atoms with Crippen molar-refractivity contribution in [3.63, 3.8) is 0 Å². The number of nitrogens with one attached hydrogen (secondary N) is 1. The van der Waals surface area contributed by atoms with E-state index in [-0.39, 0.29) is 0 Å². The van der Waals surface area contributed by atoms with E-state index < -0.39 is 0 Å². The standard InChI is InChI=1S/C11H18N2/c1-9(2)7-8-13-11-5-3-10(12)4-6-11/h3-6,9,13H,7-8,12H2,1-2H3. The summed E-state index contributed by atoms with van der Waals surface area (Å²) in [6.45, 7) is 5.48. The smallest absolute Gasteiger partial charge is 0.0341 e. The summed E-state index contributed by atoms with van der Waals surface area (Å²) in [4.78, 5) is 0. The number of hydrogen-bond donors (Lipinski definition) is 2. The molecule has 1 aromatic rings. The lowest BCUT2D eigenvalue weighted by atomic mass is 10.1. The molecule has 1 rings (SSSR count). The van der Waals surface area contributed by atoms with Gasteiger partial charge in [-0.05, 0) is 36.6 Å². The molecule has 0 fully saturated rings. The molecule has 0 atom stereocenters. The van der Waals surface area contributed by atoms with Gasteiger partial charge in [0.25, 0.3) is 0 Å². The van der Waals surface area contributed by atoms with Gasteiger partial charge < -0.3 is 11.1 Å². The summed E-state index contributed by atoms with van der Waals surface area (Å²) in [5, 5.41) is 3.35. The molecule has 3 N–H and O–H groups in total. The molecule has 0 aliphatic rings. The Labute approximate surface area is 80.1 Å². The summed E-state index contributed by atoms with van der Waals surface area (Å²) in [7, 11) is 0. The van der Waals surface area contributed by atoms with Gasteiger partial charge in [0.15, 0.2) is 0 Å². The minimum atomic E-state index is 0.751. The Morgan fingerprint density at radius 2 is 1.85 bits per heavy atom. The molecule has 0 aliphatic carbocycles. The molecule has 0 bridgehead atoms. The Balaban J connectivity index is 2.33. The number of nitrogens with two attached hydrogens (primary N) is 1. The van der Waals surface area contributed by atoms with Crippen molar-refractivity contribution in [2.75, 3.05) is 17.6 Å². The lowest BCUT2D eigenvalue weighted by Gasteiger charge is -2.08. The Morgan fingerprint density at radius 3 is 2.38 bits per heavy atom. The van der Waals surface area contributed by atoms with Gasteiger partial charge in [0.2, 0.25) is 0 Å². The number of rotatable bonds is 4. The molecule has 1 aromatic carbocycles. The lowest BCUT2D eigenvalue weighted by Crippen LogP contribution is -2.04. The first-order valence-corrected chi connectivity index (χ1v) is 4.78. The van der Waals surface area contributed by atoms with E-state index in [9.17, 15) is 0 Å².